The third-order valence-corrected chi connectivity index (χ3v) is 5.39. The summed E-state index contributed by atoms with van der Waals surface area (Å²) in [5.41, 5.74) is 0.609. The second kappa shape index (κ2) is 7.97. The molecular weight excluding hydrogens is 424 g/mol. The Kier molecular flexibility index (Phi) is 5.25. The van der Waals surface area contributed by atoms with Gasteiger partial charge >= 0.3 is 0 Å². The van der Waals surface area contributed by atoms with Crippen molar-refractivity contribution in [3.8, 4) is 11.6 Å². The van der Waals surface area contributed by atoms with E-state index in [1.54, 1.807) is 30.3 Å². The SMILES string of the molecule is COc1ccc(Br)c(C(=O)N2CCN(c3ccc(-n4ccnc4)nn3)CC2)c1. The Morgan fingerprint density at radius 3 is 2.46 bits per heavy atom. The summed E-state index contributed by atoms with van der Waals surface area (Å²) in [7, 11) is 1.59. The van der Waals surface area contributed by atoms with Crippen molar-refractivity contribution in [3.63, 3.8) is 0 Å². The molecule has 8 nitrogen and oxygen atoms in total. The Balaban J connectivity index is 1.41. The lowest BCUT2D eigenvalue weighted by atomic mass is 10.1. The van der Waals surface area contributed by atoms with E-state index in [0.29, 0.717) is 37.5 Å². The van der Waals surface area contributed by atoms with Crippen molar-refractivity contribution in [2.24, 2.45) is 0 Å². The molecule has 0 radical (unpaired) electrons. The van der Waals surface area contributed by atoms with Gasteiger partial charge in [0.15, 0.2) is 11.6 Å². The fourth-order valence-corrected chi connectivity index (χ4v) is 3.54. The summed E-state index contributed by atoms with van der Waals surface area (Å²) in [6, 6.07) is 9.27. The molecule has 1 aliphatic heterocycles. The number of hydrogen-bond donors (Lipinski definition) is 0. The minimum Gasteiger partial charge on any atom is -0.497 e. The molecule has 0 spiro atoms. The zero-order valence-electron chi connectivity index (χ0n) is 15.3. The van der Waals surface area contributed by atoms with Crippen LogP contribution in [0, 0.1) is 0 Å². The largest absolute Gasteiger partial charge is 0.497 e. The Morgan fingerprint density at radius 1 is 1.07 bits per heavy atom. The van der Waals surface area contributed by atoms with Crippen LogP contribution < -0.4 is 9.64 Å². The van der Waals surface area contributed by atoms with Gasteiger partial charge in [0.25, 0.3) is 5.91 Å². The van der Waals surface area contributed by atoms with Gasteiger partial charge in [0.1, 0.15) is 12.1 Å². The molecule has 0 aliphatic carbocycles. The van der Waals surface area contributed by atoms with Gasteiger partial charge in [0, 0.05) is 43.0 Å². The molecule has 1 aliphatic rings. The number of piperazine rings is 1. The minimum atomic E-state index is -0.00744. The Hall–Kier alpha value is -2.94. The number of methoxy groups -OCH3 is 1. The molecule has 3 aromatic rings. The molecule has 0 bridgehead atoms. The minimum absolute atomic E-state index is 0.00744. The predicted molar refractivity (Wildman–Crippen MR) is 108 cm³/mol. The van der Waals surface area contributed by atoms with Crippen LogP contribution >= 0.6 is 15.9 Å². The number of aromatic nitrogens is 4. The number of rotatable bonds is 4. The van der Waals surface area contributed by atoms with Crippen LogP contribution in [-0.2, 0) is 0 Å². The molecule has 1 amide bonds. The summed E-state index contributed by atoms with van der Waals surface area (Å²) in [5, 5.41) is 8.58. The van der Waals surface area contributed by atoms with E-state index in [1.807, 2.05) is 35.4 Å². The van der Waals surface area contributed by atoms with Crippen molar-refractivity contribution >= 4 is 27.7 Å². The molecule has 0 saturated carbocycles. The Bertz CT molecular complexity index is 953. The summed E-state index contributed by atoms with van der Waals surface area (Å²) in [6.07, 6.45) is 5.21. The van der Waals surface area contributed by atoms with Crippen LogP contribution in [0.3, 0.4) is 0 Å². The molecule has 1 fully saturated rings. The second-order valence-corrected chi connectivity index (χ2v) is 7.20. The van der Waals surface area contributed by atoms with Crippen LogP contribution in [0.5, 0.6) is 5.75 Å². The quantitative estimate of drug-likeness (QED) is 0.617. The number of hydrogen-bond acceptors (Lipinski definition) is 6. The second-order valence-electron chi connectivity index (χ2n) is 6.34. The molecular formula is C19H19BrN6O2. The smallest absolute Gasteiger partial charge is 0.255 e. The summed E-state index contributed by atoms with van der Waals surface area (Å²) in [6.45, 7) is 2.64. The van der Waals surface area contributed by atoms with Gasteiger partial charge < -0.3 is 14.5 Å². The summed E-state index contributed by atoms with van der Waals surface area (Å²) >= 11 is 3.46. The molecule has 1 saturated heterocycles. The van der Waals surface area contributed by atoms with Crippen LogP contribution in [0.4, 0.5) is 5.82 Å². The van der Waals surface area contributed by atoms with Crippen LogP contribution in [-0.4, -0.2) is 63.8 Å². The first-order valence-corrected chi connectivity index (χ1v) is 9.65. The third-order valence-electron chi connectivity index (χ3n) is 4.70. The molecule has 1 aromatic carbocycles. The molecule has 2 aromatic heterocycles. The molecule has 0 N–H and O–H groups in total. The number of benzene rings is 1. The highest BCUT2D eigenvalue weighted by Gasteiger charge is 2.24. The standard InChI is InChI=1S/C19H19BrN6O2/c1-28-14-2-3-16(20)15(12-14)19(27)25-10-8-24(9-11-25)17-4-5-18(23-22-17)26-7-6-21-13-26/h2-7,12-13H,8-11H2,1H3. The molecule has 0 atom stereocenters. The topological polar surface area (TPSA) is 76.4 Å². The molecule has 28 heavy (non-hydrogen) atoms. The highest BCUT2D eigenvalue weighted by molar-refractivity contribution is 9.10. The lowest BCUT2D eigenvalue weighted by molar-refractivity contribution is 0.0745. The van der Waals surface area contributed by atoms with Gasteiger partial charge in [-0.25, -0.2) is 4.98 Å². The number of halogens is 1. The molecule has 0 unspecified atom stereocenters. The van der Waals surface area contributed by atoms with E-state index in [1.165, 1.54) is 0 Å². The van der Waals surface area contributed by atoms with Crippen molar-refractivity contribution < 1.29 is 9.53 Å². The average molecular weight is 443 g/mol. The first kappa shape index (κ1) is 18.4. The number of amides is 1. The Morgan fingerprint density at radius 2 is 1.82 bits per heavy atom. The first-order chi connectivity index (χ1) is 13.7. The van der Waals surface area contributed by atoms with Gasteiger partial charge in [0.05, 0.1) is 12.7 Å². The third kappa shape index (κ3) is 3.70. The number of anilines is 1. The number of nitrogens with zero attached hydrogens (tertiary/aromatic N) is 6. The van der Waals surface area contributed by atoms with Crippen molar-refractivity contribution in [2.75, 3.05) is 38.2 Å². The Labute approximate surface area is 170 Å². The maximum absolute atomic E-state index is 12.9. The van der Waals surface area contributed by atoms with Gasteiger partial charge in [-0.1, -0.05) is 0 Å². The summed E-state index contributed by atoms with van der Waals surface area (Å²) in [5.74, 6) is 2.18. The van der Waals surface area contributed by atoms with Crippen molar-refractivity contribution in [3.05, 3.63) is 59.1 Å². The number of carbonyl (C=O) groups is 1. The fourth-order valence-electron chi connectivity index (χ4n) is 3.12. The highest BCUT2D eigenvalue weighted by Crippen LogP contribution is 2.24. The molecule has 4 rings (SSSR count). The normalized spacial score (nSPS) is 14.2. The van der Waals surface area contributed by atoms with E-state index in [-0.39, 0.29) is 5.91 Å². The zero-order valence-corrected chi connectivity index (χ0v) is 16.9. The van der Waals surface area contributed by atoms with E-state index in [2.05, 4.69) is 36.0 Å². The zero-order chi connectivity index (χ0) is 19.5. The van der Waals surface area contributed by atoms with Crippen LogP contribution in [0.2, 0.25) is 0 Å². The molecule has 144 valence electrons. The van der Waals surface area contributed by atoms with Crippen LogP contribution in [0.15, 0.2) is 53.5 Å². The van der Waals surface area contributed by atoms with Crippen LogP contribution in [0.1, 0.15) is 10.4 Å². The molecule has 9 heteroatoms. The van der Waals surface area contributed by atoms with Gasteiger partial charge in [-0.15, -0.1) is 10.2 Å². The summed E-state index contributed by atoms with van der Waals surface area (Å²) < 4.78 is 7.81. The lowest BCUT2D eigenvalue weighted by Gasteiger charge is -2.35. The number of ether oxygens (including phenoxy) is 1. The number of imidazole rings is 1. The first-order valence-electron chi connectivity index (χ1n) is 8.85. The van der Waals surface area contributed by atoms with Gasteiger partial charge in [-0.2, -0.15) is 0 Å². The maximum atomic E-state index is 12.9. The average Bonchev–Trinajstić information content (AvgIpc) is 3.29. The number of carbonyl (C=O) groups excluding carboxylic acids is 1. The van der Waals surface area contributed by atoms with Gasteiger partial charge in [0.2, 0.25) is 0 Å². The maximum Gasteiger partial charge on any atom is 0.255 e. The van der Waals surface area contributed by atoms with E-state index < -0.39 is 0 Å². The highest BCUT2D eigenvalue weighted by atomic mass is 79.9. The monoisotopic (exact) mass is 442 g/mol. The summed E-state index contributed by atoms with van der Waals surface area (Å²) in [4.78, 5) is 20.9. The van der Waals surface area contributed by atoms with Crippen molar-refractivity contribution in [1.29, 1.82) is 0 Å². The van der Waals surface area contributed by atoms with Gasteiger partial charge in [-0.05, 0) is 46.3 Å². The van der Waals surface area contributed by atoms with Crippen LogP contribution in [0.25, 0.3) is 5.82 Å². The predicted octanol–water partition coefficient (Wildman–Crippen LogP) is 2.40. The van der Waals surface area contributed by atoms with E-state index in [0.717, 1.165) is 16.1 Å². The fraction of sp³-hybridized carbons (Fsp3) is 0.263. The van der Waals surface area contributed by atoms with Crippen molar-refractivity contribution in [2.45, 2.75) is 0 Å². The van der Waals surface area contributed by atoms with E-state index in [9.17, 15) is 4.79 Å². The van der Waals surface area contributed by atoms with E-state index in [4.69, 9.17) is 4.74 Å². The van der Waals surface area contributed by atoms with E-state index >= 15 is 0 Å². The lowest BCUT2D eigenvalue weighted by Crippen LogP contribution is -2.49. The van der Waals surface area contributed by atoms with Gasteiger partial charge in [-0.3, -0.25) is 9.36 Å². The molecule has 3 heterocycles. The van der Waals surface area contributed by atoms with Crippen molar-refractivity contribution in [1.82, 2.24) is 24.6 Å².